The van der Waals surface area contributed by atoms with E-state index in [-0.39, 0.29) is 5.69 Å². The lowest BCUT2D eigenvalue weighted by Gasteiger charge is -2.40. The first-order valence-corrected chi connectivity index (χ1v) is 5.04. The molecule has 0 spiro atoms. The highest BCUT2D eigenvalue weighted by atomic mass is 19.2. The van der Waals surface area contributed by atoms with Crippen LogP contribution in [0.3, 0.4) is 0 Å². The molecule has 0 radical (unpaired) electrons. The second kappa shape index (κ2) is 4.27. The fourth-order valence-corrected chi connectivity index (χ4v) is 1.79. The number of rotatable bonds is 2. The first-order chi connectivity index (χ1) is 8.06. The Kier molecular flexibility index (Phi) is 2.95. The quantitative estimate of drug-likeness (QED) is 0.588. The standard InChI is InChI=1S/C11H10F3NO2/c1-17-11(16)8-4-5-15(8)7-3-2-6(12)9(13)10(7)14/h2-3,8H,4-5H2,1H3. The van der Waals surface area contributed by atoms with Gasteiger partial charge in [-0.2, -0.15) is 0 Å². The summed E-state index contributed by atoms with van der Waals surface area (Å²) in [7, 11) is 1.22. The molecule has 3 nitrogen and oxygen atoms in total. The summed E-state index contributed by atoms with van der Waals surface area (Å²) >= 11 is 0. The number of benzene rings is 1. The molecular weight excluding hydrogens is 235 g/mol. The minimum absolute atomic E-state index is 0.120. The van der Waals surface area contributed by atoms with E-state index < -0.39 is 29.5 Å². The smallest absolute Gasteiger partial charge is 0.328 e. The van der Waals surface area contributed by atoms with E-state index in [1.807, 2.05) is 0 Å². The lowest BCUT2D eigenvalue weighted by Crippen LogP contribution is -2.53. The zero-order valence-electron chi connectivity index (χ0n) is 9.04. The molecule has 0 aliphatic carbocycles. The molecular formula is C11H10F3NO2. The Balaban J connectivity index is 2.30. The molecule has 1 saturated heterocycles. The van der Waals surface area contributed by atoms with E-state index in [1.165, 1.54) is 12.0 Å². The van der Waals surface area contributed by atoms with E-state index in [2.05, 4.69) is 4.74 Å². The molecule has 1 aromatic rings. The molecule has 1 atom stereocenters. The van der Waals surface area contributed by atoms with Gasteiger partial charge in [-0.3, -0.25) is 0 Å². The topological polar surface area (TPSA) is 29.5 Å². The third-order valence-electron chi connectivity index (χ3n) is 2.82. The number of carbonyl (C=O) groups excluding carboxylic acids is 1. The number of methoxy groups -OCH3 is 1. The average molecular weight is 245 g/mol. The van der Waals surface area contributed by atoms with Gasteiger partial charge in [0.1, 0.15) is 6.04 Å². The molecule has 1 aliphatic rings. The van der Waals surface area contributed by atoms with Crippen LogP contribution in [0.15, 0.2) is 12.1 Å². The van der Waals surface area contributed by atoms with Crippen molar-refractivity contribution in [3.8, 4) is 0 Å². The van der Waals surface area contributed by atoms with Crippen molar-refractivity contribution in [2.24, 2.45) is 0 Å². The van der Waals surface area contributed by atoms with Gasteiger partial charge in [-0.25, -0.2) is 18.0 Å². The Hall–Kier alpha value is -1.72. The van der Waals surface area contributed by atoms with E-state index in [4.69, 9.17) is 0 Å². The lowest BCUT2D eigenvalue weighted by atomic mass is 10.0. The first kappa shape index (κ1) is 11.8. The van der Waals surface area contributed by atoms with Gasteiger partial charge >= 0.3 is 5.97 Å². The number of hydrogen-bond donors (Lipinski definition) is 0. The Bertz CT molecular complexity index is 464. The molecule has 2 rings (SSSR count). The van der Waals surface area contributed by atoms with Gasteiger partial charge in [-0.15, -0.1) is 0 Å². The summed E-state index contributed by atoms with van der Waals surface area (Å²) < 4.78 is 43.8. The number of anilines is 1. The lowest BCUT2D eigenvalue weighted by molar-refractivity contribution is -0.143. The van der Waals surface area contributed by atoms with Crippen LogP contribution in [0.1, 0.15) is 6.42 Å². The first-order valence-electron chi connectivity index (χ1n) is 5.04. The van der Waals surface area contributed by atoms with Gasteiger partial charge in [0.2, 0.25) is 0 Å². The van der Waals surface area contributed by atoms with Crippen LogP contribution in [0, 0.1) is 17.5 Å². The van der Waals surface area contributed by atoms with Gasteiger partial charge in [-0.05, 0) is 18.6 Å². The van der Waals surface area contributed by atoms with E-state index >= 15 is 0 Å². The van der Waals surface area contributed by atoms with Crippen molar-refractivity contribution in [1.29, 1.82) is 0 Å². The fraction of sp³-hybridized carbons (Fsp3) is 0.364. The van der Waals surface area contributed by atoms with Crippen LogP contribution >= 0.6 is 0 Å². The number of halogens is 3. The monoisotopic (exact) mass is 245 g/mol. The Morgan fingerprint density at radius 2 is 2.06 bits per heavy atom. The van der Waals surface area contributed by atoms with Gasteiger partial charge in [0.05, 0.1) is 12.8 Å². The normalized spacial score (nSPS) is 18.8. The van der Waals surface area contributed by atoms with E-state index in [0.29, 0.717) is 13.0 Å². The maximum absolute atomic E-state index is 13.5. The molecule has 0 saturated carbocycles. The summed E-state index contributed by atoms with van der Waals surface area (Å²) in [5.41, 5.74) is -0.120. The second-order valence-electron chi connectivity index (χ2n) is 3.72. The molecule has 0 N–H and O–H groups in total. The number of esters is 1. The van der Waals surface area contributed by atoms with Crippen molar-refractivity contribution in [3.05, 3.63) is 29.6 Å². The third kappa shape index (κ3) is 1.83. The van der Waals surface area contributed by atoms with Crippen molar-refractivity contribution < 1.29 is 22.7 Å². The van der Waals surface area contributed by atoms with Gasteiger partial charge in [0.15, 0.2) is 17.5 Å². The summed E-state index contributed by atoms with van der Waals surface area (Å²) in [5, 5.41) is 0. The largest absolute Gasteiger partial charge is 0.467 e. The van der Waals surface area contributed by atoms with Crippen LogP contribution < -0.4 is 4.90 Å². The van der Waals surface area contributed by atoms with Crippen molar-refractivity contribution in [2.45, 2.75) is 12.5 Å². The van der Waals surface area contributed by atoms with Crippen molar-refractivity contribution >= 4 is 11.7 Å². The van der Waals surface area contributed by atoms with Crippen LogP contribution in [-0.4, -0.2) is 25.7 Å². The van der Waals surface area contributed by atoms with Gasteiger partial charge < -0.3 is 9.64 Å². The zero-order valence-corrected chi connectivity index (χ0v) is 9.04. The van der Waals surface area contributed by atoms with Gasteiger partial charge in [0.25, 0.3) is 0 Å². The highest BCUT2D eigenvalue weighted by molar-refractivity contribution is 5.82. The summed E-state index contributed by atoms with van der Waals surface area (Å²) in [4.78, 5) is 12.6. The number of carbonyl (C=O) groups is 1. The average Bonchev–Trinajstić information content (AvgIpc) is 2.28. The highest BCUT2D eigenvalue weighted by Gasteiger charge is 2.37. The number of hydrogen-bond acceptors (Lipinski definition) is 3. The summed E-state index contributed by atoms with van der Waals surface area (Å²) in [6, 6.07) is 1.32. The third-order valence-corrected chi connectivity index (χ3v) is 2.82. The molecule has 92 valence electrons. The van der Waals surface area contributed by atoms with E-state index in [0.717, 1.165) is 12.1 Å². The fourth-order valence-electron chi connectivity index (χ4n) is 1.79. The molecule has 1 unspecified atom stereocenters. The molecule has 1 fully saturated rings. The van der Waals surface area contributed by atoms with Crippen LogP contribution in [0.25, 0.3) is 0 Å². The molecule has 17 heavy (non-hydrogen) atoms. The zero-order chi connectivity index (χ0) is 12.6. The predicted octanol–water partition coefficient (Wildman–Crippen LogP) is 1.86. The molecule has 1 aromatic carbocycles. The Morgan fingerprint density at radius 1 is 1.35 bits per heavy atom. The molecule has 0 aromatic heterocycles. The van der Waals surface area contributed by atoms with Crippen LogP contribution in [-0.2, 0) is 9.53 Å². The summed E-state index contributed by atoms with van der Waals surface area (Å²) in [6.45, 7) is 0.405. The van der Waals surface area contributed by atoms with Gasteiger partial charge in [0, 0.05) is 6.54 Å². The molecule has 6 heteroatoms. The van der Waals surface area contributed by atoms with Crippen LogP contribution in [0.4, 0.5) is 18.9 Å². The molecule has 0 bridgehead atoms. The van der Waals surface area contributed by atoms with E-state index in [9.17, 15) is 18.0 Å². The van der Waals surface area contributed by atoms with Gasteiger partial charge in [-0.1, -0.05) is 0 Å². The van der Waals surface area contributed by atoms with Crippen molar-refractivity contribution in [1.82, 2.24) is 0 Å². The summed E-state index contributed by atoms with van der Waals surface area (Å²) in [6.07, 6.45) is 0.505. The summed E-state index contributed by atoms with van der Waals surface area (Å²) in [5.74, 6) is -4.57. The SMILES string of the molecule is COC(=O)C1CCN1c1ccc(F)c(F)c1F. The van der Waals surface area contributed by atoms with Crippen LogP contribution in [0.2, 0.25) is 0 Å². The van der Waals surface area contributed by atoms with Crippen molar-refractivity contribution in [3.63, 3.8) is 0 Å². The van der Waals surface area contributed by atoms with E-state index in [1.54, 1.807) is 0 Å². The number of ether oxygens (including phenoxy) is 1. The van der Waals surface area contributed by atoms with Crippen LogP contribution in [0.5, 0.6) is 0 Å². The Labute approximate surface area is 95.8 Å². The molecule has 0 amide bonds. The molecule has 1 aliphatic heterocycles. The Morgan fingerprint density at radius 3 is 2.59 bits per heavy atom. The maximum Gasteiger partial charge on any atom is 0.328 e. The molecule has 1 heterocycles. The highest BCUT2D eigenvalue weighted by Crippen LogP contribution is 2.31. The predicted molar refractivity (Wildman–Crippen MR) is 54.1 cm³/mol. The van der Waals surface area contributed by atoms with Crippen molar-refractivity contribution in [2.75, 3.05) is 18.6 Å². The minimum atomic E-state index is -1.53. The second-order valence-corrected chi connectivity index (χ2v) is 3.72. The number of nitrogens with zero attached hydrogens (tertiary/aromatic N) is 1. The minimum Gasteiger partial charge on any atom is -0.467 e. The maximum atomic E-state index is 13.5.